The minimum atomic E-state index is -3.81. The lowest BCUT2D eigenvalue weighted by atomic mass is 10.1. The number of amidine groups is 1. The van der Waals surface area contributed by atoms with Crippen LogP contribution in [0.3, 0.4) is 0 Å². The molecule has 0 aromatic heterocycles. The molecule has 26 heavy (non-hydrogen) atoms. The Bertz CT molecular complexity index is 975. The lowest BCUT2D eigenvalue weighted by Gasteiger charge is -2.27. The molecule has 9 heteroatoms. The van der Waals surface area contributed by atoms with E-state index in [1.54, 1.807) is 0 Å². The van der Waals surface area contributed by atoms with E-state index in [2.05, 4.69) is 10.3 Å². The molecule has 2 atom stereocenters. The fourth-order valence-electron chi connectivity index (χ4n) is 2.92. The van der Waals surface area contributed by atoms with Gasteiger partial charge < -0.3 is 11.1 Å². The molecule has 0 spiro atoms. The number of halogens is 2. The standard InChI is InChI=1S/C17H15F2N3O3S/c18-11-3-1-10(2-4-11)16-17(20)22-15(8-26(16,24)25)13-7-12(21-9-23)5-6-14(13)19/h1-7,9,15-16H,8H2,(H2,20,22)(H,21,23). The number of hydrogen-bond acceptors (Lipinski definition) is 5. The molecule has 2 aromatic carbocycles. The molecule has 0 fully saturated rings. The van der Waals surface area contributed by atoms with Crippen LogP contribution in [0.2, 0.25) is 0 Å². The van der Waals surface area contributed by atoms with Crippen molar-refractivity contribution in [1.82, 2.24) is 0 Å². The van der Waals surface area contributed by atoms with Gasteiger partial charge in [-0.2, -0.15) is 0 Å². The third kappa shape index (κ3) is 3.43. The van der Waals surface area contributed by atoms with Gasteiger partial charge in [-0.05, 0) is 35.9 Å². The van der Waals surface area contributed by atoms with Crippen LogP contribution < -0.4 is 11.1 Å². The van der Waals surface area contributed by atoms with Gasteiger partial charge in [-0.25, -0.2) is 17.2 Å². The van der Waals surface area contributed by atoms with Crippen molar-refractivity contribution in [2.45, 2.75) is 11.3 Å². The number of aliphatic imine (C=N–C) groups is 1. The molecular weight excluding hydrogens is 364 g/mol. The first-order valence-electron chi connectivity index (χ1n) is 7.61. The summed E-state index contributed by atoms with van der Waals surface area (Å²) in [4.78, 5) is 14.7. The third-order valence-electron chi connectivity index (χ3n) is 4.08. The number of nitrogens with zero attached hydrogens (tertiary/aromatic N) is 1. The molecule has 2 aromatic rings. The van der Waals surface area contributed by atoms with Crippen LogP contribution in [0.4, 0.5) is 14.5 Å². The van der Waals surface area contributed by atoms with Crippen molar-refractivity contribution < 1.29 is 22.0 Å². The van der Waals surface area contributed by atoms with Crippen molar-refractivity contribution in [2.75, 3.05) is 11.1 Å². The van der Waals surface area contributed by atoms with E-state index in [0.717, 1.165) is 18.2 Å². The lowest BCUT2D eigenvalue weighted by molar-refractivity contribution is -0.105. The zero-order valence-electron chi connectivity index (χ0n) is 13.4. The van der Waals surface area contributed by atoms with Crippen LogP contribution in [0.25, 0.3) is 0 Å². The SMILES string of the molecule is NC1=NC(c2cc(NC=O)ccc2F)CS(=O)(=O)C1c1ccc(F)cc1. The largest absolute Gasteiger partial charge is 0.386 e. The third-order valence-corrected chi connectivity index (χ3v) is 6.09. The van der Waals surface area contributed by atoms with E-state index in [9.17, 15) is 22.0 Å². The van der Waals surface area contributed by atoms with E-state index in [1.165, 1.54) is 24.3 Å². The molecule has 3 rings (SSSR count). The number of rotatable bonds is 4. The van der Waals surface area contributed by atoms with Gasteiger partial charge in [0.1, 0.15) is 22.7 Å². The van der Waals surface area contributed by atoms with Gasteiger partial charge in [-0.3, -0.25) is 9.79 Å². The summed E-state index contributed by atoms with van der Waals surface area (Å²) in [5.41, 5.74) is 6.50. The Morgan fingerprint density at radius 2 is 1.85 bits per heavy atom. The average Bonchev–Trinajstić information content (AvgIpc) is 2.57. The average molecular weight is 379 g/mol. The number of benzene rings is 2. The van der Waals surface area contributed by atoms with Crippen LogP contribution in [0.1, 0.15) is 22.4 Å². The summed E-state index contributed by atoms with van der Waals surface area (Å²) in [7, 11) is -3.81. The molecule has 0 aliphatic carbocycles. The Morgan fingerprint density at radius 3 is 2.46 bits per heavy atom. The van der Waals surface area contributed by atoms with Crippen LogP contribution >= 0.6 is 0 Å². The molecule has 0 bridgehead atoms. The number of amides is 1. The zero-order chi connectivity index (χ0) is 18.9. The van der Waals surface area contributed by atoms with Crippen LogP contribution in [-0.4, -0.2) is 26.4 Å². The highest BCUT2D eigenvalue weighted by Crippen LogP contribution is 2.35. The molecular formula is C17H15F2N3O3S. The predicted molar refractivity (Wildman–Crippen MR) is 93.4 cm³/mol. The summed E-state index contributed by atoms with van der Waals surface area (Å²) in [5, 5.41) is 1.16. The first-order chi connectivity index (χ1) is 12.3. The maximum absolute atomic E-state index is 14.2. The molecule has 1 aliphatic rings. The molecule has 6 nitrogen and oxygen atoms in total. The highest BCUT2D eigenvalue weighted by molar-refractivity contribution is 7.92. The normalized spacial score (nSPS) is 21.7. The maximum Gasteiger partial charge on any atom is 0.211 e. The Kier molecular flexibility index (Phi) is 4.73. The predicted octanol–water partition coefficient (Wildman–Crippen LogP) is 2.10. The Morgan fingerprint density at radius 1 is 1.15 bits per heavy atom. The van der Waals surface area contributed by atoms with Crippen molar-refractivity contribution in [3.05, 3.63) is 65.2 Å². The Labute approximate surface area is 148 Å². The topological polar surface area (TPSA) is 102 Å². The number of nitrogens with one attached hydrogen (secondary N) is 1. The molecule has 1 amide bonds. The number of nitrogens with two attached hydrogens (primary N) is 1. The van der Waals surface area contributed by atoms with E-state index in [4.69, 9.17) is 5.73 Å². The van der Waals surface area contributed by atoms with Crippen molar-refractivity contribution in [2.24, 2.45) is 10.7 Å². The molecule has 0 saturated heterocycles. The first-order valence-corrected chi connectivity index (χ1v) is 9.33. The second-order valence-corrected chi connectivity index (χ2v) is 7.96. The summed E-state index contributed by atoms with van der Waals surface area (Å²) in [6.45, 7) is 0. The van der Waals surface area contributed by atoms with Crippen molar-refractivity contribution in [1.29, 1.82) is 0 Å². The summed E-state index contributed by atoms with van der Waals surface area (Å²) in [6.07, 6.45) is 0.427. The summed E-state index contributed by atoms with van der Waals surface area (Å²) in [5.74, 6) is -1.81. The second kappa shape index (κ2) is 6.83. The monoisotopic (exact) mass is 379 g/mol. The number of carbonyl (C=O) groups excluding carboxylic acids is 1. The number of sulfone groups is 1. The maximum atomic E-state index is 14.2. The smallest absolute Gasteiger partial charge is 0.211 e. The number of hydrogen-bond donors (Lipinski definition) is 2. The lowest BCUT2D eigenvalue weighted by Crippen LogP contribution is -2.37. The van der Waals surface area contributed by atoms with Gasteiger partial charge in [0.25, 0.3) is 0 Å². The van der Waals surface area contributed by atoms with Gasteiger partial charge in [0, 0.05) is 11.3 Å². The molecule has 0 saturated carbocycles. The van der Waals surface area contributed by atoms with Crippen molar-refractivity contribution in [3.63, 3.8) is 0 Å². The van der Waals surface area contributed by atoms with Gasteiger partial charge in [0.2, 0.25) is 6.41 Å². The van der Waals surface area contributed by atoms with E-state index in [0.29, 0.717) is 17.7 Å². The minimum absolute atomic E-state index is 0.0148. The van der Waals surface area contributed by atoms with Crippen molar-refractivity contribution in [3.8, 4) is 0 Å². The Hall–Kier alpha value is -2.81. The van der Waals surface area contributed by atoms with Gasteiger partial charge >= 0.3 is 0 Å². The van der Waals surface area contributed by atoms with Gasteiger partial charge in [0.15, 0.2) is 9.84 Å². The van der Waals surface area contributed by atoms with Crippen LogP contribution in [0, 0.1) is 11.6 Å². The van der Waals surface area contributed by atoms with E-state index in [1.807, 2.05) is 0 Å². The first kappa shape index (κ1) is 18.0. The summed E-state index contributed by atoms with van der Waals surface area (Å²) < 4.78 is 52.7. The van der Waals surface area contributed by atoms with E-state index >= 15 is 0 Å². The summed E-state index contributed by atoms with van der Waals surface area (Å²) in [6, 6.07) is 7.68. The fraction of sp³-hybridized carbons (Fsp3) is 0.176. The zero-order valence-corrected chi connectivity index (χ0v) is 14.2. The molecule has 1 heterocycles. The molecule has 2 unspecified atom stereocenters. The molecule has 136 valence electrons. The highest BCUT2D eigenvalue weighted by Gasteiger charge is 2.38. The quantitative estimate of drug-likeness (QED) is 0.794. The number of anilines is 1. The summed E-state index contributed by atoms with van der Waals surface area (Å²) >= 11 is 0. The minimum Gasteiger partial charge on any atom is -0.386 e. The van der Waals surface area contributed by atoms with Gasteiger partial charge in [-0.15, -0.1) is 0 Å². The van der Waals surface area contributed by atoms with E-state index in [-0.39, 0.29) is 11.4 Å². The second-order valence-electron chi connectivity index (χ2n) is 5.83. The molecule has 0 radical (unpaired) electrons. The van der Waals surface area contributed by atoms with Crippen LogP contribution in [-0.2, 0) is 14.6 Å². The highest BCUT2D eigenvalue weighted by atomic mass is 32.2. The van der Waals surface area contributed by atoms with Crippen LogP contribution in [0.15, 0.2) is 47.5 Å². The number of carbonyl (C=O) groups is 1. The van der Waals surface area contributed by atoms with Gasteiger partial charge in [-0.1, -0.05) is 12.1 Å². The van der Waals surface area contributed by atoms with E-state index < -0.39 is 38.5 Å². The van der Waals surface area contributed by atoms with Crippen LogP contribution in [0.5, 0.6) is 0 Å². The van der Waals surface area contributed by atoms with Gasteiger partial charge in [0.05, 0.1) is 11.8 Å². The Balaban J connectivity index is 2.03. The molecule has 3 N–H and O–H groups in total. The fourth-order valence-corrected chi connectivity index (χ4v) is 4.80. The molecule has 1 aliphatic heterocycles. The van der Waals surface area contributed by atoms with Crippen molar-refractivity contribution >= 4 is 27.8 Å².